The van der Waals surface area contributed by atoms with Crippen LogP contribution in [-0.4, -0.2) is 21.8 Å². The minimum absolute atomic E-state index is 0.0730. The van der Waals surface area contributed by atoms with Gasteiger partial charge in [0.15, 0.2) is 0 Å². The fourth-order valence-corrected chi connectivity index (χ4v) is 5.35. The first-order valence-corrected chi connectivity index (χ1v) is 10.8. The zero-order chi connectivity index (χ0) is 18.9. The van der Waals surface area contributed by atoms with E-state index >= 15 is 0 Å². The quantitative estimate of drug-likeness (QED) is 0.450. The molecule has 0 amide bonds. The van der Waals surface area contributed by atoms with Crippen LogP contribution in [0.5, 0.6) is 0 Å². The van der Waals surface area contributed by atoms with E-state index in [0.29, 0.717) is 0 Å². The SMILES string of the molecule is OC1C(NSc2ccccc2)CCCC1n1c2ccccc2c2ccccc21. The first-order chi connectivity index (χ1) is 13.8. The second-order valence-corrected chi connectivity index (χ2v) is 8.44. The lowest BCUT2D eigenvalue weighted by Gasteiger charge is -2.36. The predicted octanol–water partition coefficient (Wildman–Crippen LogP) is 5.55. The second-order valence-electron chi connectivity index (χ2n) is 7.53. The molecule has 1 heterocycles. The van der Waals surface area contributed by atoms with Gasteiger partial charge in [-0.2, -0.15) is 0 Å². The minimum atomic E-state index is -0.427. The number of aliphatic hydroxyl groups is 1. The highest BCUT2D eigenvalue weighted by atomic mass is 32.2. The molecule has 4 heteroatoms. The fourth-order valence-electron chi connectivity index (χ4n) is 4.51. The van der Waals surface area contributed by atoms with Crippen LogP contribution < -0.4 is 4.72 Å². The highest BCUT2D eigenvalue weighted by molar-refractivity contribution is 7.97. The Morgan fingerprint density at radius 1 is 0.786 bits per heavy atom. The standard InChI is InChI=1S/C24H24N2OS/c27-24-20(25-28-17-9-2-1-3-10-17)13-8-16-23(24)26-21-14-6-4-11-18(21)19-12-5-7-15-22(19)26/h1-7,9-12,14-15,20,23-25,27H,8,13,16H2. The molecule has 1 aromatic heterocycles. The van der Waals surface area contributed by atoms with Gasteiger partial charge in [0.1, 0.15) is 0 Å². The average molecular weight is 389 g/mol. The average Bonchev–Trinajstić information content (AvgIpc) is 3.08. The van der Waals surface area contributed by atoms with Gasteiger partial charge in [-0.25, -0.2) is 0 Å². The zero-order valence-electron chi connectivity index (χ0n) is 15.7. The van der Waals surface area contributed by atoms with Crippen molar-refractivity contribution in [3.8, 4) is 0 Å². The van der Waals surface area contributed by atoms with Crippen molar-refractivity contribution in [1.29, 1.82) is 0 Å². The molecule has 4 aromatic rings. The van der Waals surface area contributed by atoms with E-state index in [1.165, 1.54) is 26.7 Å². The molecule has 0 bridgehead atoms. The molecule has 0 saturated heterocycles. The van der Waals surface area contributed by atoms with Gasteiger partial charge in [0.2, 0.25) is 0 Å². The lowest BCUT2D eigenvalue weighted by Crippen LogP contribution is -2.44. The van der Waals surface area contributed by atoms with Crippen LogP contribution in [0.4, 0.5) is 0 Å². The zero-order valence-corrected chi connectivity index (χ0v) is 16.5. The Morgan fingerprint density at radius 3 is 2.07 bits per heavy atom. The number of rotatable bonds is 4. The van der Waals surface area contributed by atoms with Crippen LogP contribution >= 0.6 is 11.9 Å². The van der Waals surface area contributed by atoms with Crippen LogP contribution in [0.1, 0.15) is 25.3 Å². The van der Waals surface area contributed by atoms with Gasteiger partial charge in [0.25, 0.3) is 0 Å². The lowest BCUT2D eigenvalue weighted by molar-refractivity contribution is 0.0557. The van der Waals surface area contributed by atoms with Crippen LogP contribution in [0.15, 0.2) is 83.8 Å². The molecule has 1 saturated carbocycles. The maximum absolute atomic E-state index is 11.3. The van der Waals surface area contributed by atoms with Crippen molar-refractivity contribution in [2.45, 2.75) is 42.3 Å². The van der Waals surface area contributed by atoms with E-state index in [0.717, 1.165) is 19.3 Å². The van der Waals surface area contributed by atoms with Crippen molar-refractivity contribution in [3.05, 3.63) is 78.9 Å². The van der Waals surface area contributed by atoms with Crippen molar-refractivity contribution in [1.82, 2.24) is 9.29 Å². The molecule has 2 N–H and O–H groups in total. The number of nitrogens with zero attached hydrogens (tertiary/aromatic N) is 1. The molecule has 1 aliphatic carbocycles. The van der Waals surface area contributed by atoms with Gasteiger partial charge in [-0.3, -0.25) is 4.72 Å². The van der Waals surface area contributed by atoms with Gasteiger partial charge in [0.05, 0.1) is 12.1 Å². The summed E-state index contributed by atoms with van der Waals surface area (Å²) in [6.07, 6.45) is 2.67. The molecule has 142 valence electrons. The summed E-state index contributed by atoms with van der Waals surface area (Å²) >= 11 is 1.62. The molecular formula is C24H24N2OS. The molecule has 5 rings (SSSR count). The summed E-state index contributed by atoms with van der Waals surface area (Å²) in [5.74, 6) is 0. The Bertz CT molecular complexity index is 1040. The van der Waals surface area contributed by atoms with Gasteiger partial charge in [-0.05, 0) is 55.5 Å². The molecule has 3 atom stereocenters. The minimum Gasteiger partial charge on any atom is -0.389 e. The van der Waals surface area contributed by atoms with Gasteiger partial charge >= 0.3 is 0 Å². The Balaban J connectivity index is 1.48. The van der Waals surface area contributed by atoms with Gasteiger partial charge < -0.3 is 9.67 Å². The topological polar surface area (TPSA) is 37.2 Å². The van der Waals surface area contributed by atoms with Crippen LogP contribution in [0.3, 0.4) is 0 Å². The van der Waals surface area contributed by atoms with Gasteiger partial charge in [-0.1, -0.05) is 54.6 Å². The number of hydrogen-bond donors (Lipinski definition) is 2. The van der Waals surface area contributed by atoms with Crippen LogP contribution in [0.2, 0.25) is 0 Å². The van der Waals surface area contributed by atoms with Crippen LogP contribution in [0.25, 0.3) is 21.8 Å². The molecule has 1 fully saturated rings. The third kappa shape index (κ3) is 3.12. The van der Waals surface area contributed by atoms with Crippen molar-refractivity contribution in [3.63, 3.8) is 0 Å². The summed E-state index contributed by atoms with van der Waals surface area (Å²) in [6.45, 7) is 0. The van der Waals surface area contributed by atoms with Crippen molar-refractivity contribution >= 4 is 33.8 Å². The van der Waals surface area contributed by atoms with E-state index < -0.39 is 6.10 Å². The van der Waals surface area contributed by atoms with Crippen molar-refractivity contribution in [2.75, 3.05) is 0 Å². The summed E-state index contributed by atoms with van der Waals surface area (Å²) in [5.41, 5.74) is 2.42. The maximum atomic E-state index is 11.3. The Morgan fingerprint density at radius 2 is 1.39 bits per heavy atom. The molecule has 0 spiro atoms. The highest BCUT2D eigenvalue weighted by Gasteiger charge is 2.34. The molecule has 3 aromatic carbocycles. The Hall–Kier alpha value is -2.27. The Labute approximate surface area is 169 Å². The van der Waals surface area contributed by atoms with E-state index in [-0.39, 0.29) is 12.1 Å². The van der Waals surface area contributed by atoms with E-state index in [9.17, 15) is 5.11 Å². The molecule has 28 heavy (non-hydrogen) atoms. The molecule has 3 unspecified atom stereocenters. The number of fused-ring (bicyclic) bond motifs is 3. The molecular weight excluding hydrogens is 364 g/mol. The van der Waals surface area contributed by atoms with Gasteiger partial charge in [0, 0.05) is 32.7 Å². The maximum Gasteiger partial charge on any atom is 0.0909 e. The van der Waals surface area contributed by atoms with Crippen LogP contribution in [0, 0.1) is 0 Å². The molecule has 0 radical (unpaired) electrons. The van der Waals surface area contributed by atoms with E-state index in [1.54, 1.807) is 11.9 Å². The van der Waals surface area contributed by atoms with Crippen molar-refractivity contribution in [2.24, 2.45) is 0 Å². The summed E-state index contributed by atoms with van der Waals surface area (Å²) in [5, 5.41) is 13.8. The van der Waals surface area contributed by atoms with Crippen LogP contribution in [-0.2, 0) is 0 Å². The smallest absolute Gasteiger partial charge is 0.0909 e. The summed E-state index contributed by atoms with van der Waals surface area (Å²) in [6, 6.07) is 27.5. The number of nitrogens with one attached hydrogen (secondary N) is 1. The fraction of sp³-hybridized carbons (Fsp3) is 0.250. The number of benzene rings is 3. The number of aliphatic hydroxyl groups excluding tert-OH is 1. The van der Waals surface area contributed by atoms with E-state index in [1.807, 2.05) is 18.2 Å². The first kappa shape index (κ1) is 17.8. The first-order valence-electron chi connectivity index (χ1n) is 9.96. The van der Waals surface area contributed by atoms with Gasteiger partial charge in [-0.15, -0.1) is 0 Å². The second kappa shape index (κ2) is 7.63. The molecule has 1 aliphatic rings. The number of aromatic nitrogens is 1. The highest BCUT2D eigenvalue weighted by Crippen LogP contribution is 2.38. The van der Waals surface area contributed by atoms with Crippen molar-refractivity contribution < 1.29 is 5.11 Å². The summed E-state index contributed by atoms with van der Waals surface area (Å²) in [4.78, 5) is 1.17. The largest absolute Gasteiger partial charge is 0.389 e. The molecule has 0 aliphatic heterocycles. The number of para-hydroxylation sites is 2. The number of hydrogen-bond acceptors (Lipinski definition) is 3. The third-order valence-electron chi connectivity index (χ3n) is 5.84. The lowest BCUT2D eigenvalue weighted by atomic mass is 9.88. The Kier molecular flexibility index (Phi) is 4.85. The normalized spacial score (nSPS) is 22.7. The van der Waals surface area contributed by atoms with E-state index in [4.69, 9.17) is 0 Å². The van der Waals surface area contributed by atoms with E-state index in [2.05, 4.69) is 70.0 Å². The summed E-state index contributed by atoms with van der Waals surface area (Å²) < 4.78 is 5.90. The summed E-state index contributed by atoms with van der Waals surface area (Å²) in [7, 11) is 0. The third-order valence-corrected chi connectivity index (χ3v) is 6.77. The molecule has 3 nitrogen and oxygen atoms in total. The predicted molar refractivity (Wildman–Crippen MR) is 118 cm³/mol. The monoisotopic (exact) mass is 388 g/mol.